The number of likely N-dealkylation sites (tertiary alicyclic amines) is 1. The molecule has 2 heterocycles. The third-order valence-electron chi connectivity index (χ3n) is 7.16. The molecule has 0 spiro atoms. The van der Waals surface area contributed by atoms with Gasteiger partial charge < -0.3 is 20.3 Å². The van der Waals surface area contributed by atoms with Crippen LogP contribution in [-0.4, -0.2) is 61.7 Å². The van der Waals surface area contributed by atoms with Gasteiger partial charge in [0.25, 0.3) is 0 Å². The standard InChI is InChI=1S/C20H34N4O2/c1-20(2)16(15-9-11-26-17(15)20)23-19(21-3)22-14-8-10-24(12-14)18(25)13-6-4-5-7-13/h13-17H,4-12H2,1-3H3,(H2,21,22,23). The van der Waals surface area contributed by atoms with Crippen molar-refractivity contribution < 1.29 is 9.53 Å². The number of guanidine groups is 1. The van der Waals surface area contributed by atoms with Gasteiger partial charge in [0.2, 0.25) is 5.91 Å². The Balaban J connectivity index is 1.30. The number of aliphatic imine (C=N–C) groups is 1. The zero-order valence-electron chi connectivity index (χ0n) is 16.5. The highest BCUT2D eigenvalue weighted by molar-refractivity contribution is 5.82. The Morgan fingerprint density at radius 1 is 1.15 bits per heavy atom. The molecule has 146 valence electrons. The first-order valence-electron chi connectivity index (χ1n) is 10.4. The third kappa shape index (κ3) is 3.10. The first-order valence-corrected chi connectivity index (χ1v) is 10.4. The number of ether oxygens (including phenoxy) is 1. The summed E-state index contributed by atoms with van der Waals surface area (Å²) in [4.78, 5) is 19.1. The van der Waals surface area contributed by atoms with Crippen molar-refractivity contribution in [3.63, 3.8) is 0 Å². The Morgan fingerprint density at radius 3 is 2.65 bits per heavy atom. The van der Waals surface area contributed by atoms with Crippen LogP contribution in [0.2, 0.25) is 0 Å². The molecule has 4 unspecified atom stereocenters. The van der Waals surface area contributed by atoms with Crippen LogP contribution in [0, 0.1) is 17.3 Å². The topological polar surface area (TPSA) is 66.0 Å². The Hall–Kier alpha value is -1.30. The van der Waals surface area contributed by atoms with E-state index in [1.54, 1.807) is 0 Å². The quantitative estimate of drug-likeness (QED) is 0.593. The fourth-order valence-corrected chi connectivity index (χ4v) is 5.64. The van der Waals surface area contributed by atoms with Gasteiger partial charge in [0.15, 0.2) is 5.96 Å². The number of carbonyl (C=O) groups is 1. The summed E-state index contributed by atoms with van der Waals surface area (Å²) in [6.07, 6.45) is 7.11. The number of amides is 1. The molecule has 4 rings (SSSR count). The van der Waals surface area contributed by atoms with Gasteiger partial charge in [-0.15, -0.1) is 0 Å². The lowest BCUT2D eigenvalue weighted by atomic mass is 9.57. The molecule has 2 saturated carbocycles. The number of hydrogen-bond donors (Lipinski definition) is 2. The van der Waals surface area contributed by atoms with Crippen LogP contribution in [0.5, 0.6) is 0 Å². The zero-order valence-corrected chi connectivity index (χ0v) is 16.5. The minimum absolute atomic E-state index is 0.138. The van der Waals surface area contributed by atoms with Crippen LogP contribution in [0.1, 0.15) is 52.4 Å². The van der Waals surface area contributed by atoms with Gasteiger partial charge in [-0.05, 0) is 25.7 Å². The van der Waals surface area contributed by atoms with Crippen LogP contribution in [0.3, 0.4) is 0 Å². The number of rotatable bonds is 3. The predicted octanol–water partition coefficient (Wildman–Crippen LogP) is 1.76. The van der Waals surface area contributed by atoms with Crippen molar-refractivity contribution >= 4 is 11.9 Å². The maximum atomic E-state index is 12.6. The van der Waals surface area contributed by atoms with Crippen LogP contribution >= 0.6 is 0 Å². The molecular weight excluding hydrogens is 328 g/mol. The minimum Gasteiger partial charge on any atom is -0.377 e. The first kappa shape index (κ1) is 18.1. The second-order valence-electron chi connectivity index (χ2n) is 9.16. The summed E-state index contributed by atoms with van der Waals surface area (Å²) in [5, 5.41) is 7.21. The number of nitrogens with zero attached hydrogens (tertiary/aromatic N) is 2. The largest absolute Gasteiger partial charge is 0.377 e. The lowest BCUT2D eigenvalue weighted by Crippen LogP contribution is -2.68. The van der Waals surface area contributed by atoms with E-state index in [1.165, 1.54) is 12.8 Å². The van der Waals surface area contributed by atoms with E-state index in [4.69, 9.17) is 4.74 Å². The monoisotopic (exact) mass is 362 g/mol. The van der Waals surface area contributed by atoms with Gasteiger partial charge >= 0.3 is 0 Å². The molecule has 2 aliphatic heterocycles. The molecule has 2 N–H and O–H groups in total. The van der Waals surface area contributed by atoms with Crippen LogP contribution < -0.4 is 10.6 Å². The van der Waals surface area contributed by atoms with E-state index in [0.29, 0.717) is 30.0 Å². The molecule has 6 heteroatoms. The molecule has 4 atom stereocenters. The number of hydrogen-bond acceptors (Lipinski definition) is 3. The van der Waals surface area contributed by atoms with Crippen molar-refractivity contribution in [2.75, 3.05) is 26.7 Å². The van der Waals surface area contributed by atoms with Gasteiger partial charge in [0.05, 0.1) is 6.10 Å². The van der Waals surface area contributed by atoms with E-state index in [-0.39, 0.29) is 11.3 Å². The van der Waals surface area contributed by atoms with Gasteiger partial charge in [-0.1, -0.05) is 26.7 Å². The molecule has 0 aromatic heterocycles. The molecule has 0 aromatic rings. The highest BCUT2D eigenvalue weighted by Gasteiger charge is 2.59. The summed E-state index contributed by atoms with van der Waals surface area (Å²) in [5.41, 5.74) is 0.138. The van der Waals surface area contributed by atoms with Gasteiger partial charge in [-0.2, -0.15) is 0 Å². The summed E-state index contributed by atoms with van der Waals surface area (Å²) >= 11 is 0. The Labute approximate surface area is 157 Å². The van der Waals surface area contributed by atoms with E-state index < -0.39 is 0 Å². The average molecular weight is 363 g/mol. The molecule has 26 heavy (non-hydrogen) atoms. The van der Waals surface area contributed by atoms with Gasteiger partial charge in [-0.25, -0.2) is 0 Å². The molecule has 0 aromatic carbocycles. The SMILES string of the molecule is CN=C(NC1CCN(C(=O)C2CCCC2)C1)NC1C2CCOC2C1(C)C. The lowest BCUT2D eigenvalue weighted by molar-refractivity contribution is -0.134. The van der Waals surface area contributed by atoms with Crippen LogP contribution in [0.15, 0.2) is 4.99 Å². The number of nitrogens with one attached hydrogen (secondary N) is 2. The minimum atomic E-state index is 0.138. The van der Waals surface area contributed by atoms with E-state index in [2.05, 4.69) is 34.4 Å². The van der Waals surface area contributed by atoms with Crippen LogP contribution in [0.25, 0.3) is 0 Å². The summed E-state index contributed by atoms with van der Waals surface area (Å²) in [6.45, 7) is 7.12. The predicted molar refractivity (Wildman–Crippen MR) is 102 cm³/mol. The molecule has 6 nitrogen and oxygen atoms in total. The van der Waals surface area contributed by atoms with Crippen molar-refractivity contribution in [2.45, 2.75) is 70.6 Å². The van der Waals surface area contributed by atoms with Crippen LogP contribution in [-0.2, 0) is 9.53 Å². The highest BCUT2D eigenvalue weighted by Crippen LogP contribution is 2.52. The molecule has 4 aliphatic rings. The number of fused-ring (bicyclic) bond motifs is 1. The lowest BCUT2D eigenvalue weighted by Gasteiger charge is -2.55. The first-order chi connectivity index (χ1) is 12.5. The van der Waals surface area contributed by atoms with Gasteiger partial charge in [-0.3, -0.25) is 9.79 Å². The summed E-state index contributed by atoms with van der Waals surface area (Å²) in [5.74, 6) is 2.11. The van der Waals surface area contributed by atoms with Crippen molar-refractivity contribution in [2.24, 2.45) is 22.2 Å². The Kier molecular flexibility index (Phi) is 4.88. The summed E-state index contributed by atoms with van der Waals surface area (Å²) < 4.78 is 5.89. The number of carbonyl (C=O) groups excluding carboxylic acids is 1. The summed E-state index contributed by atoms with van der Waals surface area (Å²) in [6, 6.07) is 0.698. The van der Waals surface area contributed by atoms with E-state index >= 15 is 0 Å². The molecule has 0 radical (unpaired) electrons. The molecular formula is C20H34N4O2. The van der Waals surface area contributed by atoms with E-state index in [0.717, 1.165) is 51.3 Å². The maximum absolute atomic E-state index is 12.6. The fourth-order valence-electron chi connectivity index (χ4n) is 5.64. The smallest absolute Gasteiger partial charge is 0.225 e. The molecule has 2 aliphatic carbocycles. The Bertz CT molecular complexity index is 570. The molecule has 1 amide bonds. The van der Waals surface area contributed by atoms with Crippen LogP contribution in [0.4, 0.5) is 0 Å². The second kappa shape index (κ2) is 7.02. The molecule has 0 bridgehead atoms. The van der Waals surface area contributed by atoms with Gasteiger partial charge in [0, 0.05) is 56.1 Å². The van der Waals surface area contributed by atoms with Crippen molar-refractivity contribution in [1.29, 1.82) is 0 Å². The second-order valence-corrected chi connectivity index (χ2v) is 9.16. The average Bonchev–Trinajstić information content (AvgIpc) is 3.38. The Morgan fingerprint density at radius 2 is 1.92 bits per heavy atom. The highest BCUT2D eigenvalue weighted by atomic mass is 16.5. The normalized spacial score (nSPS) is 36.7. The van der Waals surface area contributed by atoms with Gasteiger partial charge in [0.1, 0.15) is 0 Å². The van der Waals surface area contributed by atoms with Crippen molar-refractivity contribution in [3.8, 4) is 0 Å². The zero-order chi connectivity index (χ0) is 18.3. The van der Waals surface area contributed by atoms with E-state index in [9.17, 15) is 4.79 Å². The maximum Gasteiger partial charge on any atom is 0.225 e. The summed E-state index contributed by atoms with van der Waals surface area (Å²) in [7, 11) is 1.83. The molecule has 2 saturated heterocycles. The van der Waals surface area contributed by atoms with Crippen molar-refractivity contribution in [1.82, 2.24) is 15.5 Å². The third-order valence-corrected chi connectivity index (χ3v) is 7.16. The fraction of sp³-hybridized carbons (Fsp3) is 0.900. The van der Waals surface area contributed by atoms with E-state index in [1.807, 2.05) is 7.05 Å². The molecule has 4 fully saturated rings. The van der Waals surface area contributed by atoms with Crippen molar-refractivity contribution in [3.05, 3.63) is 0 Å².